The SMILES string of the molecule is COc1ccc(OC)c(NC(=O)c2ccnc(NCc3cccnc3)n2)c1. The molecule has 3 rings (SSSR count). The number of ether oxygens (including phenoxy) is 2. The normalized spacial score (nSPS) is 10.1. The molecule has 0 saturated heterocycles. The molecule has 0 aliphatic heterocycles. The van der Waals surface area contributed by atoms with E-state index >= 15 is 0 Å². The van der Waals surface area contributed by atoms with Crippen LogP contribution < -0.4 is 20.1 Å². The second-order valence-corrected chi connectivity index (χ2v) is 5.50. The molecule has 0 unspecified atom stereocenters. The van der Waals surface area contributed by atoms with Gasteiger partial charge in [-0.15, -0.1) is 0 Å². The lowest BCUT2D eigenvalue weighted by molar-refractivity contribution is 0.102. The molecule has 3 aromatic rings. The molecule has 0 bridgehead atoms. The fraction of sp³-hybridized carbons (Fsp3) is 0.158. The minimum absolute atomic E-state index is 0.226. The molecule has 1 amide bonds. The van der Waals surface area contributed by atoms with E-state index in [-0.39, 0.29) is 11.6 Å². The second-order valence-electron chi connectivity index (χ2n) is 5.50. The first-order valence-corrected chi connectivity index (χ1v) is 8.19. The summed E-state index contributed by atoms with van der Waals surface area (Å²) in [6.07, 6.45) is 4.98. The average molecular weight is 365 g/mol. The second kappa shape index (κ2) is 8.61. The van der Waals surface area contributed by atoms with Crippen molar-refractivity contribution in [2.24, 2.45) is 0 Å². The summed E-state index contributed by atoms with van der Waals surface area (Å²) in [6.45, 7) is 0.503. The van der Waals surface area contributed by atoms with Crippen LogP contribution in [0.25, 0.3) is 0 Å². The lowest BCUT2D eigenvalue weighted by Crippen LogP contribution is -2.16. The molecule has 0 aliphatic carbocycles. The predicted molar refractivity (Wildman–Crippen MR) is 101 cm³/mol. The number of anilines is 2. The fourth-order valence-corrected chi connectivity index (χ4v) is 2.35. The maximum Gasteiger partial charge on any atom is 0.274 e. The Labute approximate surface area is 156 Å². The zero-order valence-corrected chi connectivity index (χ0v) is 15.0. The number of rotatable bonds is 7. The van der Waals surface area contributed by atoms with Crippen molar-refractivity contribution in [3.05, 3.63) is 66.2 Å². The standard InChI is InChI=1S/C19H19N5O3/c1-26-14-5-6-17(27-2)16(10-14)23-18(25)15-7-9-21-19(24-15)22-12-13-4-3-8-20-11-13/h3-11H,12H2,1-2H3,(H,23,25)(H,21,22,24). The molecular formula is C19H19N5O3. The van der Waals surface area contributed by atoms with E-state index in [1.54, 1.807) is 37.7 Å². The molecule has 0 atom stereocenters. The molecule has 1 aromatic carbocycles. The molecule has 27 heavy (non-hydrogen) atoms. The first-order valence-electron chi connectivity index (χ1n) is 8.19. The van der Waals surface area contributed by atoms with Gasteiger partial charge in [0.2, 0.25) is 5.95 Å². The van der Waals surface area contributed by atoms with Crippen molar-refractivity contribution in [2.45, 2.75) is 6.54 Å². The molecule has 138 valence electrons. The van der Waals surface area contributed by atoms with Crippen molar-refractivity contribution in [3.63, 3.8) is 0 Å². The zero-order chi connectivity index (χ0) is 19.1. The van der Waals surface area contributed by atoms with Gasteiger partial charge in [0.05, 0.1) is 19.9 Å². The number of hydrogen-bond donors (Lipinski definition) is 2. The number of carbonyl (C=O) groups excluding carboxylic acids is 1. The van der Waals surface area contributed by atoms with Crippen LogP contribution in [0, 0.1) is 0 Å². The number of carbonyl (C=O) groups is 1. The van der Waals surface area contributed by atoms with Crippen LogP contribution in [0.3, 0.4) is 0 Å². The smallest absolute Gasteiger partial charge is 0.274 e. The predicted octanol–water partition coefficient (Wildman–Crippen LogP) is 2.75. The summed E-state index contributed by atoms with van der Waals surface area (Å²) in [5.41, 5.74) is 1.70. The van der Waals surface area contributed by atoms with Gasteiger partial charge in [-0.25, -0.2) is 9.97 Å². The average Bonchev–Trinajstić information content (AvgIpc) is 2.73. The fourth-order valence-electron chi connectivity index (χ4n) is 2.35. The molecule has 0 fully saturated rings. The van der Waals surface area contributed by atoms with E-state index in [2.05, 4.69) is 25.6 Å². The first-order chi connectivity index (χ1) is 13.2. The van der Waals surface area contributed by atoms with Crippen LogP contribution in [0.1, 0.15) is 16.1 Å². The first kappa shape index (κ1) is 18.1. The largest absolute Gasteiger partial charge is 0.497 e. The van der Waals surface area contributed by atoms with Crippen molar-refractivity contribution >= 4 is 17.5 Å². The Morgan fingerprint density at radius 3 is 2.74 bits per heavy atom. The van der Waals surface area contributed by atoms with Crippen LogP contribution in [-0.4, -0.2) is 35.1 Å². The van der Waals surface area contributed by atoms with Gasteiger partial charge in [-0.2, -0.15) is 0 Å². The van der Waals surface area contributed by atoms with Gasteiger partial charge in [-0.3, -0.25) is 9.78 Å². The van der Waals surface area contributed by atoms with Crippen molar-refractivity contribution in [3.8, 4) is 11.5 Å². The topological polar surface area (TPSA) is 98.3 Å². The molecule has 2 aromatic heterocycles. The summed E-state index contributed by atoms with van der Waals surface area (Å²) in [7, 11) is 3.08. The molecule has 2 N–H and O–H groups in total. The number of nitrogens with one attached hydrogen (secondary N) is 2. The Kier molecular flexibility index (Phi) is 5.78. The molecule has 8 heteroatoms. The number of methoxy groups -OCH3 is 2. The molecule has 0 aliphatic rings. The van der Waals surface area contributed by atoms with Crippen LogP contribution >= 0.6 is 0 Å². The van der Waals surface area contributed by atoms with Crippen LogP contribution in [0.5, 0.6) is 11.5 Å². The minimum Gasteiger partial charge on any atom is -0.497 e. The van der Waals surface area contributed by atoms with E-state index in [9.17, 15) is 4.79 Å². The van der Waals surface area contributed by atoms with E-state index in [4.69, 9.17) is 9.47 Å². The minimum atomic E-state index is -0.381. The van der Waals surface area contributed by atoms with Gasteiger partial charge in [0.25, 0.3) is 5.91 Å². The quantitative estimate of drug-likeness (QED) is 0.664. The van der Waals surface area contributed by atoms with Crippen LogP contribution in [0.2, 0.25) is 0 Å². The maximum atomic E-state index is 12.6. The summed E-state index contributed by atoms with van der Waals surface area (Å²) in [5.74, 6) is 1.10. The van der Waals surface area contributed by atoms with Crippen molar-refractivity contribution < 1.29 is 14.3 Å². The zero-order valence-electron chi connectivity index (χ0n) is 15.0. The molecular weight excluding hydrogens is 346 g/mol. The van der Waals surface area contributed by atoms with Crippen LogP contribution in [0.15, 0.2) is 55.0 Å². The number of amides is 1. The lowest BCUT2D eigenvalue weighted by atomic mass is 10.2. The molecule has 8 nitrogen and oxygen atoms in total. The molecule has 0 spiro atoms. The van der Waals surface area contributed by atoms with E-state index in [0.29, 0.717) is 29.7 Å². The summed E-state index contributed by atoms with van der Waals surface area (Å²) < 4.78 is 10.5. The number of aromatic nitrogens is 3. The Morgan fingerprint density at radius 2 is 2.00 bits per heavy atom. The Hall–Kier alpha value is -3.68. The van der Waals surface area contributed by atoms with Crippen molar-refractivity contribution in [2.75, 3.05) is 24.9 Å². The summed E-state index contributed by atoms with van der Waals surface area (Å²) in [4.78, 5) is 25.0. The maximum absolute atomic E-state index is 12.6. The van der Waals surface area contributed by atoms with Crippen molar-refractivity contribution in [1.29, 1.82) is 0 Å². The summed E-state index contributed by atoms with van der Waals surface area (Å²) in [6, 6.07) is 10.5. The van der Waals surface area contributed by atoms with E-state index in [1.807, 2.05) is 12.1 Å². The van der Waals surface area contributed by atoms with E-state index in [0.717, 1.165) is 5.56 Å². The highest BCUT2D eigenvalue weighted by Crippen LogP contribution is 2.29. The summed E-state index contributed by atoms with van der Waals surface area (Å²) >= 11 is 0. The van der Waals surface area contributed by atoms with Gasteiger partial charge >= 0.3 is 0 Å². The Bertz CT molecular complexity index is 918. The highest BCUT2D eigenvalue weighted by atomic mass is 16.5. The van der Waals surface area contributed by atoms with Gasteiger partial charge in [-0.1, -0.05) is 6.07 Å². The van der Waals surface area contributed by atoms with Crippen LogP contribution in [-0.2, 0) is 6.54 Å². The van der Waals surface area contributed by atoms with Crippen molar-refractivity contribution in [1.82, 2.24) is 15.0 Å². The Balaban J connectivity index is 1.72. The van der Waals surface area contributed by atoms with Gasteiger partial charge in [0.15, 0.2) is 0 Å². The highest BCUT2D eigenvalue weighted by Gasteiger charge is 2.13. The highest BCUT2D eigenvalue weighted by molar-refractivity contribution is 6.03. The number of pyridine rings is 1. The molecule has 0 radical (unpaired) electrons. The van der Waals surface area contributed by atoms with Gasteiger partial charge in [-0.05, 0) is 29.8 Å². The summed E-state index contributed by atoms with van der Waals surface area (Å²) in [5, 5.41) is 5.86. The Morgan fingerprint density at radius 1 is 1.11 bits per heavy atom. The van der Waals surface area contributed by atoms with Crippen LogP contribution in [0.4, 0.5) is 11.6 Å². The lowest BCUT2D eigenvalue weighted by Gasteiger charge is -2.12. The third-order valence-electron chi connectivity index (χ3n) is 3.72. The third kappa shape index (κ3) is 4.69. The van der Waals surface area contributed by atoms with Gasteiger partial charge in [0.1, 0.15) is 17.2 Å². The molecule has 2 heterocycles. The van der Waals surface area contributed by atoms with Gasteiger partial charge < -0.3 is 20.1 Å². The van der Waals surface area contributed by atoms with E-state index in [1.165, 1.54) is 19.4 Å². The third-order valence-corrected chi connectivity index (χ3v) is 3.72. The van der Waals surface area contributed by atoms with E-state index < -0.39 is 0 Å². The number of benzene rings is 1. The number of hydrogen-bond acceptors (Lipinski definition) is 7. The number of nitrogens with zero attached hydrogens (tertiary/aromatic N) is 3. The van der Waals surface area contributed by atoms with Gasteiger partial charge in [0, 0.05) is 31.2 Å². The molecule has 0 saturated carbocycles. The monoisotopic (exact) mass is 365 g/mol.